The van der Waals surface area contributed by atoms with Crippen molar-refractivity contribution in [2.24, 2.45) is 0 Å². The number of fused-ring (bicyclic) bond motifs is 1. The van der Waals surface area contributed by atoms with E-state index in [1.54, 1.807) is 23.8 Å². The quantitative estimate of drug-likeness (QED) is 0.607. The molecule has 2 aromatic heterocycles. The van der Waals surface area contributed by atoms with Crippen LogP contribution in [0.3, 0.4) is 0 Å². The predicted molar refractivity (Wildman–Crippen MR) is 80.7 cm³/mol. The Bertz CT molecular complexity index is 812. The van der Waals surface area contributed by atoms with Gasteiger partial charge in [-0.2, -0.15) is 0 Å². The number of aromatic nitrogens is 3. The van der Waals surface area contributed by atoms with E-state index < -0.39 is 17.0 Å². The Labute approximate surface area is 132 Å². The molecule has 0 aliphatic carbocycles. The van der Waals surface area contributed by atoms with Gasteiger partial charge in [-0.3, -0.25) is 4.57 Å². The van der Waals surface area contributed by atoms with Crippen molar-refractivity contribution in [3.63, 3.8) is 0 Å². The lowest BCUT2D eigenvalue weighted by Crippen LogP contribution is -2.03. The SMILES string of the molecule is CC(Cl)c1nc2cc(Br)cnc2n1-c1cc(F)cc(F)c1. The van der Waals surface area contributed by atoms with Crippen LogP contribution in [0, 0.1) is 11.6 Å². The molecule has 3 nitrogen and oxygen atoms in total. The summed E-state index contributed by atoms with van der Waals surface area (Å²) in [7, 11) is 0. The van der Waals surface area contributed by atoms with Gasteiger partial charge in [0, 0.05) is 16.7 Å². The number of hydrogen-bond acceptors (Lipinski definition) is 2. The summed E-state index contributed by atoms with van der Waals surface area (Å²) in [6.07, 6.45) is 1.60. The van der Waals surface area contributed by atoms with Gasteiger partial charge in [0.05, 0.1) is 11.1 Å². The Morgan fingerprint density at radius 3 is 2.48 bits per heavy atom. The molecule has 2 heterocycles. The zero-order valence-corrected chi connectivity index (χ0v) is 13.2. The molecular weight excluding hydrogens is 364 g/mol. The van der Waals surface area contributed by atoms with Gasteiger partial charge < -0.3 is 0 Å². The monoisotopic (exact) mass is 371 g/mol. The van der Waals surface area contributed by atoms with Crippen LogP contribution in [0.5, 0.6) is 0 Å². The molecule has 0 aliphatic heterocycles. The van der Waals surface area contributed by atoms with Gasteiger partial charge in [0.1, 0.15) is 23.0 Å². The van der Waals surface area contributed by atoms with E-state index in [4.69, 9.17) is 11.6 Å². The van der Waals surface area contributed by atoms with Crippen molar-refractivity contribution in [2.45, 2.75) is 12.3 Å². The summed E-state index contributed by atoms with van der Waals surface area (Å²) in [6.45, 7) is 1.74. The summed E-state index contributed by atoms with van der Waals surface area (Å²) in [5, 5.41) is -0.440. The van der Waals surface area contributed by atoms with Crippen LogP contribution in [0.2, 0.25) is 0 Å². The lowest BCUT2D eigenvalue weighted by molar-refractivity contribution is 0.581. The minimum atomic E-state index is -0.669. The molecular formula is C14H9BrClF2N3. The topological polar surface area (TPSA) is 30.7 Å². The largest absolute Gasteiger partial charge is 0.279 e. The van der Waals surface area contributed by atoms with E-state index in [0.717, 1.165) is 10.5 Å². The predicted octanol–water partition coefficient (Wildman–Crippen LogP) is 4.76. The maximum absolute atomic E-state index is 13.5. The van der Waals surface area contributed by atoms with Crippen LogP contribution in [0.15, 0.2) is 34.9 Å². The normalized spacial score (nSPS) is 12.8. The highest BCUT2D eigenvalue weighted by atomic mass is 79.9. The third-order valence-electron chi connectivity index (χ3n) is 2.95. The Hall–Kier alpha value is -1.53. The van der Waals surface area contributed by atoms with Gasteiger partial charge in [-0.25, -0.2) is 18.7 Å². The van der Waals surface area contributed by atoms with E-state index in [1.165, 1.54) is 12.1 Å². The number of rotatable bonds is 2. The zero-order valence-electron chi connectivity index (χ0n) is 10.8. The summed E-state index contributed by atoms with van der Waals surface area (Å²) in [4.78, 5) is 8.67. The molecule has 7 heteroatoms. The Kier molecular flexibility index (Phi) is 3.67. The summed E-state index contributed by atoms with van der Waals surface area (Å²) >= 11 is 9.46. The fourth-order valence-electron chi connectivity index (χ4n) is 2.15. The lowest BCUT2D eigenvalue weighted by atomic mass is 10.3. The van der Waals surface area contributed by atoms with Gasteiger partial charge in [-0.15, -0.1) is 11.6 Å². The molecule has 0 fully saturated rings. The summed E-state index contributed by atoms with van der Waals surface area (Å²) in [5.41, 5.74) is 1.38. The molecule has 3 aromatic rings. The lowest BCUT2D eigenvalue weighted by Gasteiger charge is -2.10. The minimum Gasteiger partial charge on any atom is -0.279 e. The summed E-state index contributed by atoms with van der Waals surface area (Å²) in [5.74, 6) is -0.864. The smallest absolute Gasteiger partial charge is 0.164 e. The highest BCUT2D eigenvalue weighted by Gasteiger charge is 2.18. The van der Waals surface area contributed by atoms with Crippen LogP contribution in [-0.4, -0.2) is 14.5 Å². The maximum atomic E-state index is 13.5. The highest BCUT2D eigenvalue weighted by Crippen LogP contribution is 2.28. The molecule has 1 unspecified atom stereocenters. The van der Waals surface area contributed by atoms with E-state index >= 15 is 0 Å². The number of benzene rings is 1. The van der Waals surface area contributed by atoms with Crippen LogP contribution >= 0.6 is 27.5 Å². The first kappa shape index (κ1) is 14.4. The van der Waals surface area contributed by atoms with Crippen molar-refractivity contribution in [1.82, 2.24) is 14.5 Å². The first-order chi connectivity index (χ1) is 9.95. The Morgan fingerprint density at radius 1 is 1.19 bits per heavy atom. The van der Waals surface area contributed by atoms with Gasteiger partial charge in [0.15, 0.2) is 5.65 Å². The van der Waals surface area contributed by atoms with E-state index in [2.05, 4.69) is 25.9 Å². The number of alkyl halides is 1. The third-order valence-corrected chi connectivity index (χ3v) is 3.58. The van der Waals surface area contributed by atoms with Crippen molar-refractivity contribution >= 4 is 38.7 Å². The molecule has 1 aromatic carbocycles. The second-order valence-electron chi connectivity index (χ2n) is 4.55. The molecule has 108 valence electrons. The fraction of sp³-hybridized carbons (Fsp3) is 0.143. The molecule has 0 N–H and O–H groups in total. The second kappa shape index (κ2) is 5.35. The molecule has 0 saturated heterocycles. The van der Waals surface area contributed by atoms with Gasteiger partial charge >= 0.3 is 0 Å². The highest BCUT2D eigenvalue weighted by molar-refractivity contribution is 9.10. The van der Waals surface area contributed by atoms with Crippen LogP contribution < -0.4 is 0 Å². The van der Waals surface area contributed by atoms with Crippen LogP contribution in [0.4, 0.5) is 8.78 Å². The first-order valence-electron chi connectivity index (χ1n) is 6.10. The fourth-order valence-corrected chi connectivity index (χ4v) is 2.61. The Balaban J connectivity index is 2.36. The van der Waals surface area contributed by atoms with E-state index in [-0.39, 0.29) is 0 Å². The van der Waals surface area contributed by atoms with Gasteiger partial charge in [-0.05, 0) is 41.1 Å². The van der Waals surface area contributed by atoms with Gasteiger partial charge in [-0.1, -0.05) is 0 Å². The molecule has 0 saturated carbocycles. The number of hydrogen-bond donors (Lipinski definition) is 0. The molecule has 3 rings (SSSR count). The van der Waals surface area contributed by atoms with Crippen molar-refractivity contribution < 1.29 is 8.78 Å². The van der Waals surface area contributed by atoms with Crippen molar-refractivity contribution in [2.75, 3.05) is 0 Å². The molecule has 0 bridgehead atoms. The molecule has 1 atom stereocenters. The first-order valence-corrected chi connectivity index (χ1v) is 7.33. The van der Waals surface area contributed by atoms with Crippen molar-refractivity contribution in [3.05, 3.63) is 52.4 Å². The van der Waals surface area contributed by atoms with E-state index in [0.29, 0.717) is 22.7 Å². The molecule has 21 heavy (non-hydrogen) atoms. The van der Waals surface area contributed by atoms with Gasteiger partial charge in [0.25, 0.3) is 0 Å². The molecule has 0 amide bonds. The van der Waals surface area contributed by atoms with E-state index in [9.17, 15) is 8.78 Å². The maximum Gasteiger partial charge on any atom is 0.164 e. The molecule has 0 aliphatic rings. The van der Waals surface area contributed by atoms with Crippen LogP contribution in [0.25, 0.3) is 16.9 Å². The van der Waals surface area contributed by atoms with E-state index in [1.807, 2.05) is 0 Å². The number of imidazole rings is 1. The number of nitrogens with zero attached hydrogens (tertiary/aromatic N) is 3. The Morgan fingerprint density at radius 2 is 1.86 bits per heavy atom. The van der Waals surface area contributed by atoms with Crippen molar-refractivity contribution in [3.8, 4) is 5.69 Å². The van der Waals surface area contributed by atoms with Crippen LogP contribution in [-0.2, 0) is 0 Å². The standard InChI is InChI=1S/C14H9BrClF2N3/c1-7(16)13-20-12-2-8(15)6-19-14(12)21(13)11-4-9(17)3-10(18)5-11/h2-7H,1H3. The van der Waals surface area contributed by atoms with Gasteiger partial charge in [0.2, 0.25) is 0 Å². The molecule has 0 radical (unpaired) electrons. The number of pyridine rings is 1. The number of halogens is 4. The summed E-state index contributed by atoms with van der Waals surface area (Å²) in [6, 6.07) is 5.03. The summed E-state index contributed by atoms with van der Waals surface area (Å²) < 4.78 is 29.3. The zero-order chi connectivity index (χ0) is 15.1. The average Bonchev–Trinajstić information content (AvgIpc) is 2.76. The minimum absolute atomic E-state index is 0.298. The third kappa shape index (κ3) is 2.65. The average molecular weight is 373 g/mol. The van der Waals surface area contributed by atoms with Crippen molar-refractivity contribution in [1.29, 1.82) is 0 Å². The molecule has 0 spiro atoms. The van der Waals surface area contributed by atoms with Crippen LogP contribution in [0.1, 0.15) is 18.1 Å². The second-order valence-corrected chi connectivity index (χ2v) is 6.12.